The van der Waals surface area contributed by atoms with Crippen molar-refractivity contribution in [3.8, 4) is 17.2 Å². The number of rotatable bonds is 6. The van der Waals surface area contributed by atoms with Crippen molar-refractivity contribution in [3.63, 3.8) is 0 Å². The van der Waals surface area contributed by atoms with E-state index in [9.17, 15) is 45.3 Å². The van der Waals surface area contributed by atoms with Crippen LogP contribution < -0.4 is 0 Å². The van der Waals surface area contributed by atoms with Crippen molar-refractivity contribution in [2.45, 2.75) is 55.8 Å². The Hall–Kier alpha value is -2.68. The van der Waals surface area contributed by atoms with Crippen LogP contribution in [0.5, 0.6) is 17.2 Å². The monoisotopic (exact) mass is 460 g/mol. The van der Waals surface area contributed by atoms with Gasteiger partial charge in [0.25, 0.3) is 0 Å². The Kier molecular flexibility index (Phi) is 6.78. The zero-order chi connectivity index (χ0) is 23.8. The Morgan fingerprint density at radius 3 is 2.34 bits per heavy atom. The average molecular weight is 460 g/mol. The lowest BCUT2D eigenvalue weighted by atomic mass is 9.95. The summed E-state index contributed by atoms with van der Waals surface area (Å²) in [5.74, 6) is -4.35. The second-order valence-electron chi connectivity index (χ2n) is 7.56. The molecule has 0 bridgehead atoms. The molecule has 2 fully saturated rings. The van der Waals surface area contributed by atoms with Crippen molar-refractivity contribution in [2.24, 2.45) is 0 Å². The average Bonchev–Trinajstić information content (AvgIpc) is 3.10. The Bertz CT molecular complexity index is 850. The number of aliphatic hydroxyl groups is 4. The first-order valence-electron chi connectivity index (χ1n) is 9.62. The fraction of sp³-hybridized carbons (Fsp3) is 0.579. The highest BCUT2D eigenvalue weighted by Crippen LogP contribution is 2.35. The summed E-state index contributed by atoms with van der Waals surface area (Å²) in [5, 5.41) is 69.2. The minimum absolute atomic E-state index is 0.0284. The predicted octanol–water partition coefficient (Wildman–Crippen LogP) is -2.15. The highest BCUT2D eigenvalue weighted by Gasteiger charge is 2.52. The standard InChI is InChI=1S/C19H24O13/c1-7(19(28)2-3-29-18(19)27)31-17-15(25)14(24)13(23)11(32-17)6-30-16(26)8-4-9(20)12(22)10(21)5-8/h4-5,7,11,13-15,17,20-25,28H,2-3,6H2,1H3/t7-,11+,13+,14-,15+,17+,19+/m0/s1. The molecule has 0 unspecified atom stereocenters. The molecule has 0 aliphatic carbocycles. The van der Waals surface area contributed by atoms with E-state index in [1.165, 1.54) is 6.92 Å². The number of aliphatic hydroxyl groups excluding tert-OH is 3. The van der Waals surface area contributed by atoms with Crippen LogP contribution in [0.1, 0.15) is 23.7 Å². The van der Waals surface area contributed by atoms with Crippen LogP contribution in [0.25, 0.3) is 0 Å². The summed E-state index contributed by atoms with van der Waals surface area (Å²) in [7, 11) is 0. The van der Waals surface area contributed by atoms with E-state index in [0.29, 0.717) is 0 Å². The SMILES string of the molecule is C[C@H](O[C@@H]1O[C@H](COC(=O)c2cc(O)c(O)c(O)c2)[C@@H](O)[C@H](O)[C@H]1O)[C@]1(O)CCOC1=O. The molecule has 3 rings (SSSR count). The minimum atomic E-state index is -1.99. The molecule has 7 N–H and O–H groups in total. The third-order valence-electron chi connectivity index (χ3n) is 5.43. The fourth-order valence-electron chi connectivity index (χ4n) is 3.34. The third-order valence-corrected chi connectivity index (χ3v) is 5.43. The van der Waals surface area contributed by atoms with Crippen molar-refractivity contribution >= 4 is 11.9 Å². The summed E-state index contributed by atoms with van der Waals surface area (Å²) >= 11 is 0. The maximum atomic E-state index is 12.2. The van der Waals surface area contributed by atoms with Gasteiger partial charge < -0.3 is 54.7 Å². The van der Waals surface area contributed by atoms with E-state index in [2.05, 4.69) is 0 Å². The molecule has 0 aromatic heterocycles. The van der Waals surface area contributed by atoms with Gasteiger partial charge in [-0.25, -0.2) is 9.59 Å². The summed E-state index contributed by atoms with van der Waals surface area (Å²) in [4.78, 5) is 23.9. The van der Waals surface area contributed by atoms with E-state index in [-0.39, 0.29) is 18.6 Å². The van der Waals surface area contributed by atoms with Crippen LogP contribution in [0.2, 0.25) is 0 Å². The van der Waals surface area contributed by atoms with Gasteiger partial charge in [0.2, 0.25) is 0 Å². The molecule has 1 aromatic rings. The second kappa shape index (κ2) is 9.05. The molecule has 1 aromatic carbocycles. The molecule has 13 heteroatoms. The summed E-state index contributed by atoms with van der Waals surface area (Å²) in [6.45, 7) is 0.658. The van der Waals surface area contributed by atoms with Crippen LogP contribution >= 0.6 is 0 Å². The number of carbonyl (C=O) groups is 2. The third kappa shape index (κ3) is 4.44. The summed E-state index contributed by atoms with van der Waals surface area (Å²) in [6, 6.07) is 1.67. The molecule has 32 heavy (non-hydrogen) atoms. The lowest BCUT2D eigenvalue weighted by Gasteiger charge is -2.41. The van der Waals surface area contributed by atoms with Crippen molar-refractivity contribution in [3.05, 3.63) is 17.7 Å². The normalized spacial score (nSPS) is 33.5. The van der Waals surface area contributed by atoms with Crippen LogP contribution in [-0.4, -0.2) is 103 Å². The fourth-order valence-corrected chi connectivity index (χ4v) is 3.34. The number of ether oxygens (including phenoxy) is 4. The minimum Gasteiger partial charge on any atom is -0.504 e. The molecule has 0 radical (unpaired) electrons. The lowest BCUT2D eigenvalue weighted by Crippen LogP contribution is -2.61. The molecule has 2 saturated heterocycles. The Morgan fingerprint density at radius 2 is 1.78 bits per heavy atom. The zero-order valence-electron chi connectivity index (χ0n) is 16.8. The number of hydrogen-bond acceptors (Lipinski definition) is 13. The van der Waals surface area contributed by atoms with E-state index in [1.807, 2.05) is 0 Å². The molecule has 2 heterocycles. The van der Waals surface area contributed by atoms with E-state index in [1.54, 1.807) is 0 Å². The number of phenolic OH excluding ortho intramolecular Hbond substituents is 3. The zero-order valence-corrected chi connectivity index (χ0v) is 16.8. The van der Waals surface area contributed by atoms with Crippen molar-refractivity contribution in [1.82, 2.24) is 0 Å². The van der Waals surface area contributed by atoms with Gasteiger partial charge in [0.15, 0.2) is 29.1 Å². The number of phenols is 3. The highest BCUT2D eigenvalue weighted by atomic mass is 16.7. The quantitative estimate of drug-likeness (QED) is 0.178. The van der Waals surface area contributed by atoms with Crippen LogP contribution in [0.15, 0.2) is 12.1 Å². The molecule has 7 atom stereocenters. The van der Waals surface area contributed by atoms with Gasteiger partial charge in [-0.1, -0.05) is 0 Å². The van der Waals surface area contributed by atoms with Gasteiger partial charge in [0.05, 0.1) is 18.3 Å². The van der Waals surface area contributed by atoms with Crippen molar-refractivity contribution in [1.29, 1.82) is 0 Å². The van der Waals surface area contributed by atoms with E-state index in [4.69, 9.17) is 18.9 Å². The van der Waals surface area contributed by atoms with E-state index in [0.717, 1.165) is 12.1 Å². The van der Waals surface area contributed by atoms with Crippen LogP contribution in [-0.2, 0) is 23.7 Å². The molecule has 0 saturated carbocycles. The smallest absolute Gasteiger partial charge is 0.341 e. The second-order valence-corrected chi connectivity index (χ2v) is 7.56. The van der Waals surface area contributed by atoms with Gasteiger partial charge >= 0.3 is 11.9 Å². The topological polar surface area (TPSA) is 213 Å². The number of hydrogen-bond donors (Lipinski definition) is 7. The number of esters is 2. The Balaban J connectivity index is 1.66. The predicted molar refractivity (Wildman–Crippen MR) is 99.5 cm³/mol. The molecule has 0 amide bonds. The van der Waals surface area contributed by atoms with Crippen molar-refractivity contribution in [2.75, 3.05) is 13.2 Å². The summed E-state index contributed by atoms with van der Waals surface area (Å²) in [6.07, 6.45) is -9.51. The van der Waals surface area contributed by atoms with Gasteiger partial charge in [-0.3, -0.25) is 0 Å². The highest BCUT2D eigenvalue weighted by molar-refractivity contribution is 5.91. The molecular weight excluding hydrogens is 436 g/mol. The Labute approximate surface area is 181 Å². The van der Waals surface area contributed by atoms with Gasteiger partial charge in [-0.15, -0.1) is 0 Å². The maximum Gasteiger partial charge on any atom is 0.341 e. The van der Waals surface area contributed by atoms with Gasteiger partial charge in [0.1, 0.15) is 31.0 Å². The number of carbonyl (C=O) groups excluding carboxylic acids is 2. The largest absolute Gasteiger partial charge is 0.504 e. The van der Waals surface area contributed by atoms with E-state index < -0.39 is 78.2 Å². The molecule has 178 valence electrons. The van der Waals surface area contributed by atoms with E-state index >= 15 is 0 Å². The van der Waals surface area contributed by atoms with Crippen LogP contribution in [0.4, 0.5) is 0 Å². The van der Waals surface area contributed by atoms with Gasteiger partial charge in [-0.05, 0) is 19.1 Å². The van der Waals surface area contributed by atoms with Gasteiger partial charge in [-0.2, -0.15) is 0 Å². The molecular formula is C19H24O13. The van der Waals surface area contributed by atoms with Crippen molar-refractivity contribution < 1.29 is 64.3 Å². The summed E-state index contributed by atoms with van der Waals surface area (Å²) < 4.78 is 20.5. The maximum absolute atomic E-state index is 12.2. The molecule has 2 aliphatic rings. The Morgan fingerprint density at radius 1 is 1.16 bits per heavy atom. The van der Waals surface area contributed by atoms with Gasteiger partial charge in [0, 0.05) is 6.42 Å². The number of benzene rings is 1. The van der Waals surface area contributed by atoms with Crippen LogP contribution in [0.3, 0.4) is 0 Å². The summed E-state index contributed by atoms with van der Waals surface area (Å²) in [5.41, 5.74) is -2.32. The number of aromatic hydroxyl groups is 3. The first-order valence-corrected chi connectivity index (χ1v) is 9.62. The first kappa shape index (κ1) is 24.0. The molecule has 13 nitrogen and oxygen atoms in total. The lowest BCUT2D eigenvalue weighted by molar-refractivity contribution is -0.319. The number of cyclic esters (lactones) is 1. The molecule has 0 spiro atoms. The first-order chi connectivity index (χ1) is 15.0. The van der Waals surface area contributed by atoms with Crippen LogP contribution in [0, 0.1) is 0 Å². The molecule has 2 aliphatic heterocycles.